The Labute approximate surface area is 107 Å². The molecule has 0 spiro atoms. The number of methoxy groups -OCH3 is 1. The predicted octanol–water partition coefficient (Wildman–Crippen LogP) is 0.825. The fraction of sp³-hybridized carbons (Fsp3) is 0.417. The molecule has 0 saturated carbocycles. The van der Waals surface area contributed by atoms with Crippen LogP contribution in [-0.2, 0) is 14.8 Å². The number of rotatable bonds is 8. The first-order valence-corrected chi connectivity index (χ1v) is 7.25. The van der Waals surface area contributed by atoms with Crippen molar-refractivity contribution in [3.8, 4) is 0 Å². The Bertz CT molecular complexity index is 470. The molecule has 0 atom stereocenters. The summed E-state index contributed by atoms with van der Waals surface area (Å²) in [7, 11) is -2.02. The number of carbonyl (C=O) groups is 1. The van der Waals surface area contributed by atoms with Gasteiger partial charge in [0.25, 0.3) is 0 Å². The summed E-state index contributed by atoms with van der Waals surface area (Å²) in [4.78, 5) is 11.7. The van der Waals surface area contributed by atoms with Crippen LogP contribution in [0.15, 0.2) is 30.3 Å². The fourth-order valence-electron chi connectivity index (χ4n) is 1.38. The Hall–Kier alpha value is -1.24. The number of hydrogen-bond acceptors (Lipinski definition) is 4. The third kappa shape index (κ3) is 5.39. The molecule has 0 aliphatic rings. The predicted molar refractivity (Wildman–Crippen MR) is 69.1 cm³/mol. The lowest BCUT2D eigenvalue weighted by atomic mass is 10.2. The Morgan fingerprint density at radius 2 is 1.94 bits per heavy atom. The summed E-state index contributed by atoms with van der Waals surface area (Å²) in [6, 6.07) is 8.37. The smallest absolute Gasteiger partial charge is 0.219 e. The molecule has 0 aliphatic heterocycles. The molecule has 6 heteroatoms. The van der Waals surface area contributed by atoms with Gasteiger partial charge in [0.2, 0.25) is 10.0 Å². The van der Waals surface area contributed by atoms with Gasteiger partial charge in [-0.3, -0.25) is 4.79 Å². The van der Waals surface area contributed by atoms with E-state index in [-0.39, 0.29) is 6.54 Å². The molecule has 0 amide bonds. The van der Waals surface area contributed by atoms with Crippen LogP contribution in [0.2, 0.25) is 0 Å². The van der Waals surface area contributed by atoms with E-state index in [2.05, 4.69) is 4.72 Å². The van der Waals surface area contributed by atoms with Gasteiger partial charge in [0, 0.05) is 25.8 Å². The van der Waals surface area contributed by atoms with E-state index in [0.717, 1.165) is 0 Å². The van der Waals surface area contributed by atoms with Crippen LogP contribution in [0.1, 0.15) is 16.8 Å². The van der Waals surface area contributed by atoms with Crippen molar-refractivity contribution >= 4 is 15.8 Å². The van der Waals surface area contributed by atoms with Crippen LogP contribution in [-0.4, -0.2) is 40.2 Å². The van der Waals surface area contributed by atoms with Gasteiger partial charge in [-0.25, -0.2) is 13.1 Å². The highest BCUT2D eigenvalue weighted by atomic mass is 32.2. The lowest BCUT2D eigenvalue weighted by Gasteiger charge is -2.05. The van der Waals surface area contributed by atoms with Crippen molar-refractivity contribution in [3.05, 3.63) is 35.9 Å². The maximum Gasteiger partial charge on any atom is 0.219 e. The number of benzene rings is 1. The number of ether oxygens (including phenoxy) is 1. The second kappa shape index (κ2) is 7.25. The molecule has 0 heterocycles. The second-order valence-corrected chi connectivity index (χ2v) is 5.60. The Kier molecular flexibility index (Phi) is 5.97. The van der Waals surface area contributed by atoms with Crippen LogP contribution < -0.4 is 4.72 Å². The van der Waals surface area contributed by atoms with E-state index < -0.39 is 21.6 Å². The summed E-state index contributed by atoms with van der Waals surface area (Å²) in [5.41, 5.74) is 0.403. The first-order chi connectivity index (χ1) is 8.55. The average Bonchev–Trinajstić information content (AvgIpc) is 2.35. The van der Waals surface area contributed by atoms with E-state index in [1.54, 1.807) is 37.4 Å². The van der Waals surface area contributed by atoms with E-state index in [9.17, 15) is 13.2 Å². The van der Waals surface area contributed by atoms with E-state index in [0.29, 0.717) is 18.6 Å². The van der Waals surface area contributed by atoms with Gasteiger partial charge >= 0.3 is 0 Å². The molecule has 1 rings (SSSR count). The molecule has 1 N–H and O–H groups in total. The Morgan fingerprint density at radius 3 is 2.56 bits per heavy atom. The minimum absolute atomic E-state index is 0.276. The monoisotopic (exact) mass is 271 g/mol. The van der Waals surface area contributed by atoms with E-state index >= 15 is 0 Å². The van der Waals surface area contributed by atoms with Gasteiger partial charge in [-0.05, 0) is 6.42 Å². The van der Waals surface area contributed by atoms with Gasteiger partial charge in [-0.15, -0.1) is 0 Å². The highest BCUT2D eigenvalue weighted by molar-refractivity contribution is 7.90. The zero-order chi connectivity index (χ0) is 13.4. The van der Waals surface area contributed by atoms with Crippen molar-refractivity contribution in [2.75, 3.05) is 26.0 Å². The minimum Gasteiger partial charge on any atom is -0.385 e. The highest BCUT2D eigenvalue weighted by Crippen LogP contribution is 2.01. The molecule has 0 aliphatic carbocycles. The maximum absolute atomic E-state index is 11.7. The van der Waals surface area contributed by atoms with E-state index in [1.807, 2.05) is 0 Å². The third-order valence-corrected chi connectivity index (χ3v) is 3.55. The minimum atomic E-state index is -3.56. The molecule has 1 aromatic rings. The van der Waals surface area contributed by atoms with Crippen LogP contribution in [0.3, 0.4) is 0 Å². The van der Waals surface area contributed by atoms with Crippen molar-refractivity contribution in [1.82, 2.24) is 4.72 Å². The number of hydrogen-bond donors (Lipinski definition) is 1. The molecule has 1 aromatic carbocycles. The van der Waals surface area contributed by atoms with Crippen molar-refractivity contribution in [1.29, 1.82) is 0 Å². The Balaban J connectivity index is 2.48. The summed E-state index contributed by atoms with van der Waals surface area (Å²) >= 11 is 0. The van der Waals surface area contributed by atoms with Gasteiger partial charge in [0.05, 0.1) is 0 Å². The van der Waals surface area contributed by atoms with Gasteiger partial charge in [-0.2, -0.15) is 0 Å². The van der Waals surface area contributed by atoms with Gasteiger partial charge < -0.3 is 4.74 Å². The molecule has 0 aromatic heterocycles. The molecule has 18 heavy (non-hydrogen) atoms. The summed E-state index contributed by atoms with van der Waals surface area (Å²) in [6.07, 6.45) is 0.579. The summed E-state index contributed by atoms with van der Waals surface area (Å²) in [5, 5.41) is 0. The van der Waals surface area contributed by atoms with Gasteiger partial charge in [0.15, 0.2) is 5.78 Å². The van der Waals surface area contributed by atoms with Crippen LogP contribution in [0.25, 0.3) is 0 Å². The van der Waals surface area contributed by atoms with Crippen molar-refractivity contribution in [3.63, 3.8) is 0 Å². The van der Waals surface area contributed by atoms with E-state index in [4.69, 9.17) is 4.74 Å². The molecule has 100 valence electrons. The SMILES string of the molecule is COCCCNS(=O)(=O)CC(=O)c1ccccc1. The maximum atomic E-state index is 11.7. The van der Waals surface area contributed by atoms with Crippen LogP contribution in [0.4, 0.5) is 0 Å². The molecular weight excluding hydrogens is 254 g/mol. The van der Waals surface area contributed by atoms with E-state index in [1.165, 1.54) is 0 Å². The number of ketones is 1. The first kappa shape index (κ1) is 14.8. The zero-order valence-corrected chi connectivity index (χ0v) is 11.1. The quantitative estimate of drug-likeness (QED) is 0.561. The Morgan fingerprint density at radius 1 is 1.28 bits per heavy atom. The summed E-state index contributed by atoms with van der Waals surface area (Å²) < 4.78 is 30.4. The molecule has 0 radical (unpaired) electrons. The summed E-state index contributed by atoms with van der Waals surface area (Å²) in [6.45, 7) is 0.757. The normalized spacial score (nSPS) is 11.4. The number of nitrogens with one attached hydrogen (secondary N) is 1. The number of carbonyl (C=O) groups excluding carboxylic acids is 1. The molecule has 0 bridgehead atoms. The molecule has 0 saturated heterocycles. The highest BCUT2D eigenvalue weighted by Gasteiger charge is 2.16. The second-order valence-electron chi connectivity index (χ2n) is 3.79. The number of sulfonamides is 1. The lowest BCUT2D eigenvalue weighted by molar-refractivity contribution is 0.102. The topological polar surface area (TPSA) is 72.5 Å². The molecule has 5 nitrogen and oxygen atoms in total. The first-order valence-electron chi connectivity index (χ1n) is 5.59. The van der Waals surface area contributed by atoms with Crippen molar-refractivity contribution < 1.29 is 17.9 Å². The molecule has 0 fully saturated rings. The molecular formula is C12H17NO4S. The zero-order valence-electron chi connectivity index (χ0n) is 10.3. The van der Waals surface area contributed by atoms with Crippen LogP contribution in [0, 0.1) is 0 Å². The largest absolute Gasteiger partial charge is 0.385 e. The molecule has 0 unspecified atom stereocenters. The summed E-state index contributed by atoms with van der Waals surface area (Å²) in [5.74, 6) is -0.931. The number of Topliss-reactive ketones (excluding diaryl/α,β-unsaturated/α-hetero) is 1. The van der Waals surface area contributed by atoms with Crippen molar-refractivity contribution in [2.45, 2.75) is 6.42 Å². The fourth-order valence-corrected chi connectivity index (χ4v) is 2.44. The van der Waals surface area contributed by atoms with Gasteiger partial charge in [0.1, 0.15) is 5.75 Å². The standard InChI is InChI=1S/C12H17NO4S/c1-17-9-5-8-13-18(15,16)10-12(14)11-6-3-2-4-7-11/h2-4,6-7,13H,5,8-10H2,1H3. The van der Waals surface area contributed by atoms with Crippen LogP contribution in [0.5, 0.6) is 0 Å². The van der Waals surface area contributed by atoms with Gasteiger partial charge in [-0.1, -0.05) is 30.3 Å². The lowest BCUT2D eigenvalue weighted by Crippen LogP contribution is -2.31. The van der Waals surface area contributed by atoms with Crippen molar-refractivity contribution in [2.24, 2.45) is 0 Å². The van der Waals surface area contributed by atoms with Crippen LogP contribution >= 0.6 is 0 Å². The third-order valence-electron chi connectivity index (χ3n) is 2.26. The average molecular weight is 271 g/mol.